The van der Waals surface area contributed by atoms with Gasteiger partial charge >= 0.3 is 0 Å². The molecule has 0 saturated carbocycles. The van der Waals surface area contributed by atoms with Crippen LogP contribution in [0.15, 0.2) is 42.9 Å². The highest BCUT2D eigenvalue weighted by atomic mass is 16.1. The van der Waals surface area contributed by atoms with Crippen molar-refractivity contribution in [2.75, 3.05) is 6.54 Å². The number of amides is 1. The maximum atomic E-state index is 11.8. The van der Waals surface area contributed by atoms with Crippen molar-refractivity contribution in [1.82, 2.24) is 15.3 Å². The largest absolute Gasteiger partial charge is 0.350 e. The van der Waals surface area contributed by atoms with E-state index in [1.807, 2.05) is 0 Å². The van der Waals surface area contributed by atoms with Gasteiger partial charge in [0.1, 0.15) is 5.69 Å². The number of carbonyl (C=O) groups excluding carboxylic acids is 1. The van der Waals surface area contributed by atoms with E-state index >= 15 is 0 Å². The topological polar surface area (TPSA) is 54.9 Å². The molecular formula is C16H19N3O. The second-order valence-corrected chi connectivity index (χ2v) is 4.66. The van der Waals surface area contributed by atoms with E-state index in [-0.39, 0.29) is 5.91 Å². The number of hydrogen-bond donors (Lipinski definition) is 1. The molecule has 2 rings (SSSR count). The molecule has 1 heterocycles. The number of benzene rings is 1. The van der Waals surface area contributed by atoms with Crippen molar-refractivity contribution < 1.29 is 4.79 Å². The zero-order valence-electron chi connectivity index (χ0n) is 11.7. The second-order valence-electron chi connectivity index (χ2n) is 4.66. The van der Waals surface area contributed by atoms with Crippen molar-refractivity contribution >= 4 is 5.91 Å². The first-order chi connectivity index (χ1) is 9.79. The van der Waals surface area contributed by atoms with Gasteiger partial charge in [0.05, 0.1) is 6.20 Å². The molecule has 0 spiro atoms. The Morgan fingerprint density at radius 1 is 1.10 bits per heavy atom. The van der Waals surface area contributed by atoms with Gasteiger partial charge in [-0.2, -0.15) is 0 Å². The molecule has 0 fully saturated rings. The predicted octanol–water partition coefficient (Wildman–Crippen LogP) is 2.40. The van der Waals surface area contributed by atoms with Crippen molar-refractivity contribution in [3.63, 3.8) is 0 Å². The van der Waals surface area contributed by atoms with E-state index in [1.165, 1.54) is 23.5 Å². The van der Waals surface area contributed by atoms with Crippen LogP contribution in [0.25, 0.3) is 0 Å². The Balaban J connectivity index is 1.79. The third-order valence-electron chi connectivity index (χ3n) is 3.06. The third kappa shape index (κ3) is 4.16. The molecule has 0 bridgehead atoms. The van der Waals surface area contributed by atoms with Gasteiger partial charge < -0.3 is 5.32 Å². The lowest BCUT2D eigenvalue weighted by Gasteiger charge is -2.05. The highest BCUT2D eigenvalue weighted by molar-refractivity contribution is 5.91. The van der Waals surface area contributed by atoms with Crippen molar-refractivity contribution in [2.45, 2.75) is 26.2 Å². The van der Waals surface area contributed by atoms with E-state index in [4.69, 9.17) is 0 Å². The lowest BCUT2D eigenvalue weighted by atomic mass is 10.1. The van der Waals surface area contributed by atoms with E-state index in [1.54, 1.807) is 6.20 Å². The summed E-state index contributed by atoms with van der Waals surface area (Å²) in [5, 5.41) is 2.85. The number of hydrogen-bond acceptors (Lipinski definition) is 3. The summed E-state index contributed by atoms with van der Waals surface area (Å²) < 4.78 is 0. The zero-order valence-corrected chi connectivity index (χ0v) is 11.7. The van der Waals surface area contributed by atoms with E-state index in [0.29, 0.717) is 12.2 Å². The fraction of sp³-hybridized carbons (Fsp3) is 0.312. The molecule has 104 valence electrons. The molecule has 0 unspecified atom stereocenters. The molecule has 0 aliphatic carbocycles. The molecule has 0 atom stereocenters. The first kappa shape index (κ1) is 14.2. The normalized spacial score (nSPS) is 10.2. The smallest absolute Gasteiger partial charge is 0.271 e. The molecule has 0 radical (unpaired) electrons. The number of carbonyl (C=O) groups is 1. The predicted molar refractivity (Wildman–Crippen MR) is 78.5 cm³/mol. The van der Waals surface area contributed by atoms with Crippen LogP contribution in [0.3, 0.4) is 0 Å². The van der Waals surface area contributed by atoms with Gasteiger partial charge in [0.2, 0.25) is 0 Å². The van der Waals surface area contributed by atoms with Gasteiger partial charge in [0, 0.05) is 18.9 Å². The molecule has 1 amide bonds. The second kappa shape index (κ2) is 7.38. The Kier molecular flexibility index (Phi) is 5.24. The number of rotatable bonds is 6. The molecule has 2 aromatic rings. The van der Waals surface area contributed by atoms with Gasteiger partial charge in [-0.05, 0) is 24.0 Å². The van der Waals surface area contributed by atoms with Crippen LogP contribution in [0.2, 0.25) is 0 Å². The Hall–Kier alpha value is -2.23. The van der Waals surface area contributed by atoms with Crippen molar-refractivity contribution in [3.05, 3.63) is 59.7 Å². The quantitative estimate of drug-likeness (QED) is 0.876. The Morgan fingerprint density at radius 3 is 2.40 bits per heavy atom. The Bertz CT molecular complexity index is 537. The maximum Gasteiger partial charge on any atom is 0.271 e. The fourth-order valence-electron chi connectivity index (χ4n) is 1.99. The van der Waals surface area contributed by atoms with Crippen LogP contribution in [0, 0.1) is 0 Å². The molecule has 4 heteroatoms. The van der Waals surface area contributed by atoms with Gasteiger partial charge in [-0.25, -0.2) is 4.98 Å². The number of aryl methyl sites for hydroxylation is 1. The lowest BCUT2D eigenvalue weighted by Crippen LogP contribution is -2.26. The van der Waals surface area contributed by atoms with Crippen LogP contribution in [-0.2, 0) is 12.8 Å². The number of aromatic nitrogens is 2. The summed E-state index contributed by atoms with van der Waals surface area (Å²) in [7, 11) is 0. The minimum absolute atomic E-state index is 0.180. The minimum atomic E-state index is -0.180. The standard InChI is InChI=1S/C16H19N3O/c1-2-3-13-4-6-14(7-5-13)8-9-19-16(20)15-12-17-10-11-18-15/h4-7,10-12H,2-3,8-9H2,1H3,(H,19,20). The number of nitrogens with zero attached hydrogens (tertiary/aromatic N) is 2. The average molecular weight is 269 g/mol. The summed E-state index contributed by atoms with van der Waals surface area (Å²) >= 11 is 0. The summed E-state index contributed by atoms with van der Waals surface area (Å²) in [6, 6.07) is 8.56. The van der Waals surface area contributed by atoms with Crippen LogP contribution in [0.1, 0.15) is 35.0 Å². The van der Waals surface area contributed by atoms with Gasteiger partial charge in [-0.3, -0.25) is 9.78 Å². The SMILES string of the molecule is CCCc1ccc(CCNC(=O)c2cnccn2)cc1. The number of nitrogens with one attached hydrogen (secondary N) is 1. The molecule has 1 aromatic heterocycles. The molecular weight excluding hydrogens is 250 g/mol. The van der Waals surface area contributed by atoms with Crippen LogP contribution >= 0.6 is 0 Å². The summed E-state index contributed by atoms with van der Waals surface area (Å²) in [6.07, 6.45) is 7.63. The van der Waals surface area contributed by atoms with Crippen molar-refractivity contribution in [2.24, 2.45) is 0 Å². The maximum absolute atomic E-state index is 11.8. The van der Waals surface area contributed by atoms with Crippen LogP contribution in [0.5, 0.6) is 0 Å². The molecule has 4 nitrogen and oxygen atoms in total. The van der Waals surface area contributed by atoms with Crippen molar-refractivity contribution in [3.8, 4) is 0 Å². The monoisotopic (exact) mass is 269 g/mol. The average Bonchev–Trinajstić information content (AvgIpc) is 2.50. The summed E-state index contributed by atoms with van der Waals surface area (Å²) in [5.41, 5.74) is 2.94. The first-order valence-corrected chi connectivity index (χ1v) is 6.91. The van der Waals surface area contributed by atoms with E-state index < -0.39 is 0 Å². The molecule has 20 heavy (non-hydrogen) atoms. The van der Waals surface area contributed by atoms with Crippen LogP contribution in [-0.4, -0.2) is 22.4 Å². The molecule has 1 aromatic carbocycles. The van der Waals surface area contributed by atoms with Gasteiger partial charge in [0.15, 0.2) is 0 Å². The molecule has 0 saturated heterocycles. The van der Waals surface area contributed by atoms with Gasteiger partial charge in [-0.1, -0.05) is 37.6 Å². The highest BCUT2D eigenvalue weighted by Crippen LogP contribution is 2.07. The van der Waals surface area contributed by atoms with Gasteiger partial charge in [-0.15, -0.1) is 0 Å². The Labute approximate surface area is 119 Å². The van der Waals surface area contributed by atoms with Crippen LogP contribution < -0.4 is 5.32 Å². The summed E-state index contributed by atoms with van der Waals surface area (Å²) in [4.78, 5) is 19.6. The van der Waals surface area contributed by atoms with E-state index in [0.717, 1.165) is 19.3 Å². The zero-order chi connectivity index (χ0) is 14.2. The fourth-order valence-corrected chi connectivity index (χ4v) is 1.99. The molecule has 0 aliphatic rings. The first-order valence-electron chi connectivity index (χ1n) is 6.91. The van der Waals surface area contributed by atoms with Crippen molar-refractivity contribution in [1.29, 1.82) is 0 Å². The lowest BCUT2D eigenvalue weighted by molar-refractivity contribution is 0.0948. The van der Waals surface area contributed by atoms with Crippen LogP contribution in [0.4, 0.5) is 0 Å². The Morgan fingerprint density at radius 2 is 1.80 bits per heavy atom. The highest BCUT2D eigenvalue weighted by Gasteiger charge is 2.05. The minimum Gasteiger partial charge on any atom is -0.350 e. The van der Waals surface area contributed by atoms with Gasteiger partial charge in [0.25, 0.3) is 5.91 Å². The van der Waals surface area contributed by atoms with E-state index in [2.05, 4.69) is 46.5 Å². The summed E-state index contributed by atoms with van der Waals surface area (Å²) in [5.74, 6) is -0.180. The molecule has 1 N–H and O–H groups in total. The molecule has 0 aliphatic heterocycles. The third-order valence-corrected chi connectivity index (χ3v) is 3.06. The van der Waals surface area contributed by atoms with E-state index in [9.17, 15) is 4.79 Å². The summed E-state index contributed by atoms with van der Waals surface area (Å²) in [6.45, 7) is 2.78.